The first-order chi connectivity index (χ1) is 9.17. The van der Waals surface area contributed by atoms with E-state index >= 15 is 0 Å². The molecule has 0 bridgehead atoms. The number of carbonyl (C=O) groups excluding carboxylic acids is 2. The number of aldehydes is 1. The summed E-state index contributed by atoms with van der Waals surface area (Å²) >= 11 is 0. The zero-order chi connectivity index (χ0) is 15.8. The molecule has 0 N–H and O–H groups in total. The number of benzene rings is 1. The zero-order valence-corrected chi connectivity index (χ0v) is 13.5. The Hall–Kier alpha value is -1.64. The third-order valence-corrected chi connectivity index (χ3v) is 1.66. The van der Waals surface area contributed by atoms with Gasteiger partial charge in [0.2, 0.25) is 0 Å². The number of rotatable bonds is 2. The summed E-state index contributed by atoms with van der Waals surface area (Å²) in [5.74, 6) is -0.424. The van der Waals surface area contributed by atoms with Crippen LogP contribution in [0.4, 0.5) is 0 Å². The number of aryl methyl sites for hydroxylation is 1. The average Bonchev–Trinajstić information content (AvgIpc) is 2.51. The lowest BCUT2D eigenvalue weighted by Crippen LogP contribution is -2.02. The van der Waals surface area contributed by atoms with Crippen LogP contribution in [-0.2, 0) is 4.74 Å². The predicted octanol–water partition coefficient (Wildman–Crippen LogP) is 4.67. The molecule has 1 rings (SSSR count). The molecule has 0 aliphatic carbocycles. The largest absolute Gasteiger partial charge is 0.465 e. The Morgan fingerprint density at radius 3 is 1.84 bits per heavy atom. The minimum Gasteiger partial charge on any atom is -0.465 e. The molecule has 1 aromatic carbocycles. The summed E-state index contributed by atoms with van der Waals surface area (Å²) in [6, 6.07) is 4.89. The van der Waals surface area contributed by atoms with Gasteiger partial charge in [0, 0.05) is 5.56 Å². The van der Waals surface area contributed by atoms with Crippen molar-refractivity contribution in [3.8, 4) is 0 Å². The van der Waals surface area contributed by atoms with Gasteiger partial charge in [-0.2, -0.15) is 0 Å². The lowest BCUT2D eigenvalue weighted by atomic mass is 10.1. The minimum atomic E-state index is -0.424. The highest BCUT2D eigenvalue weighted by molar-refractivity contribution is 5.91. The van der Waals surface area contributed by atoms with Gasteiger partial charge >= 0.3 is 5.97 Å². The van der Waals surface area contributed by atoms with Crippen LogP contribution in [0.3, 0.4) is 0 Å². The molecule has 0 heterocycles. The van der Waals surface area contributed by atoms with Gasteiger partial charge in [-0.25, -0.2) is 4.79 Å². The molecule has 0 atom stereocenters. The van der Waals surface area contributed by atoms with Crippen molar-refractivity contribution in [1.82, 2.24) is 0 Å². The van der Waals surface area contributed by atoms with E-state index in [4.69, 9.17) is 0 Å². The van der Waals surface area contributed by atoms with Crippen LogP contribution in [0.15, 0.2) is 18.2 Å². The second kappa shape index (κ2) is 16.4. The van der Waals surface area contributed by atoms with Crippen LogP contribution in [0.25, 0.3) is 0 Å². The normalized spacial score (nSPS) is 7.37. The number of esters is 1. The maximum atomic E-state index is 11.1. The molecule has 110 valence electrons. The van der Waals surface area contributed by atoms with Crippen LogP contribution in [0, 0.1) is 6.92 Å². The molecule has 0 aliphatic heterocycles. The molecule has 0 unspecified atom stereocenters. The number of ether oxygens (including phenoxy) is 1. The van der Waals surface area contributed by atoms with E-state index < -0.39 is 5.97 Å². The van der Waals surface area contributed by atoms with E-state index in [1.165, 1.54) is 13.2 Å². The lowest BCUT2D eigenvalue weighted by Gasteiger charge is -2.01. The van der Waals surface area contributed by atoms with E-state index in [2.05, 4.69) is 4.74 Å². The molecule has 0 spiro atoms. The van der Waals surface area contributed by atoms with Crippen molar-refractivity contribution >= 4 is 12.3 Å². The SMILES string of the molecule is CC.CC.CC.COC(=O)c1cc(C)cc(C=O)c1. The van der Waals surface area contributed by atoms with Crippen molar-refractivity contribution in [2.24, 2.45) is 0 Å². The van der Waals surface area contributed by atoms with Gasteiger partial charge in [0.05, 0.1) is 12.7 Å². The molecule has 0 aromatic heterocycles. The molecule has 0 fully saturated rings. The third-order valence-electron chi connectivity index (χ3n) is 1.66. The molecule has 0 saturated heterocycles. The number of hydrogen-bond acceptors (Lipinski definition) is 3. The molecule has 0 amide bonds. The Bertz CT molecular complexity index is 344. The molecule has 19 heavy (non-hydrogen) atoms. The van der Waals surface area contributed by atoms with Crippen LogP contribution in [-0.4, -0.2) is 19.4 Å². The highest BCUT2D eigenvalue weighted by atomic mass is 16.5. The summed E-state index contributed by atoms with van der Waals surface area (Å²) in [4.78, 5) is 21.6. The molecular formula is C16H28O3. The fourth-order valence-corrected chi connectivity index (χ4v) is 1.12. The second-order valence-corrected chi connectivity index (χ2v) is 2.74. The first-order valence-electron chi connectivity index (χ1n) is 6.82. The lowest BCUT2D eigenvalue weighted by molar-refractivity contribution is 0.0600. The van der Waals surface area contributed by atoms with E-state index in [0.29, 0.717) is 17.4 Å². The van der Waals surface area contributed by atoms with Crippen molar-refractivity contribution in [1.29, 1.82) is 0 Å². The van der Waals surface area contributed by atoms with Crippen molar-refractivity contribution in [3.05, 3.63) is 34.9 Å². The van der Waals surface area contributed by atoms with Crippen molar-refractivity contribution in [2.45, 2.75) is 48.5 Å². The molecule has 3 heteroatoms. The molecule has 1 aromatic rings. The van der Waals surface area contributed by atoms with Crippen LogP contribution in [0.1, 0.15) is 67.8 Å². The standard InChI is InChI=1S/C10H10O3.3C2H6/c1-7-3-8(6-11)5-9(4-7)10(12)13-2;3*1-2/h3-6H,1-2H3;3*1-2H3. The van der Waals surface area contributed by atoms with Crippen molar-refractivity contribution < 1.29 is 14.3 Å². The van der Waals surface area contributed by atoms with E-state index in [1.54, 1.807) is 12.1 Å². The van der Waals surface area contributed by atoms with Gasteiger partial charge < -0.3 is 4.74 Å². The number of carbonyl (C=O) groups is 2. The summed E-state index contributed by atoms with van der Waals surface area (Å²) in [6.45, 7) is 13.8. The van der Waals surface area contributed by atoms with Crippen molar-refractivity contribution in [3.63, 3.8) is 0 Å². The van der Waals surface area contributed by atoms with Crippen LogP contribution >= 0.6 is 0 Å². The second-order valence-electron chi connectivity index (χ2n) is 2.74. The van der Waals surface area contributed by atoms with E-state index in [-0.39, 0.29) is 0 Å². The summed E-state index contributed by atoms with van der Waals surface area (Å²) in [5.41, 5.74) is 1.76. The molecule has 0 saturated carbocycles. The topological polar surface area (TPSA) is 43.4 Å². The Balaban J connectivity index is -0.000000375. The Kier molecular flexibility index (Phi) is 19.4. The van der Waals surface area contributed by atoms with E-state index in [0.717, 1.165) is 5.56 Å². The quantitative estimate of drug-likeness (QED) is 0.578. The van der Waals surface area contributed by atoms with Crippen LogP contribution in [0.5, 0.6) is 0 Å². The summed E-state index contributed by atoms with van der Waals surface area (Å²) < 4.78 is 4.54. The Morgan fingerprint density at radius 2 is 1.47 bits per heavy atom. The van der Waals surface area contributed by atoms with Crippen molar-refractivity contribution in [2.75, 3.05) is 7.11 Å². The van der Waals surface area contributed by atoms with Gasteiger partial charge in [-0.1, -0.05) is 41.5 Å². The number of methoxy groups -OCH3 is 1. The fourth-order valence-electron chi connectivity index (χ4n) is 1.12. The van der Waals surface area contributed by atoms with E-state index in [9.17, 15) is 9.59 Å². The van der Waals surface area contributed by atoms with Gasteiger partial charge in [-0.3, -0.25) is 4.79 Å². The third kappa shape index (κ3) is 10.0. The molecule has 3 nitrogen and oxygen atoms in total. The van der Waals surface area contributed by atoms with Gasteiger partial charge in [0.25, 0.3) is 0 Å². The average molecular weight is 268 g/mol. The first-order valence-corrected chi connectivity index (χ1v) is 6.82. The predicted molar refractivity (Wildman–Crippen MR) is 82.0 cm³/mol. The highest BCUT2D eigenvalue weighted by Crippen LogP contribution is 2.08. The van der Waals surface area contributed by atoms with Crippen LogP contribution in [0.2, 0.25) is 0 Å². The maximum absolute atomic E-state index is 11.1. The highest BCUT2D eigenvalue weighted by Gasteiger charge is 2.06. The summed E-state index contributed by atoms with van der Waals surface area (Å²) in [5, 5.41) is 0. The monoisotopic (exact) mass is 268 g/mol. The van der Waals surface area contributed by atoms with Gasteiger partial charge in [-0.15, -0.1) is 0 Å². The summed E-state index contributed by atoms with van der Waals surface area (Å²) in [7, 11) is 1.31. The molecule has 0 aliphatic rings. The first kappa shape index (κ1) is 22.5. The van der Waals surface area contributed by atoms with Crippen LogP contribution < -0.4 is 0 Å². The smallest absolute Gasteiger partial charge is 0.337 e. The van der Waals surface area contributed by atoms with Gasteiger partial charge in [0.1, 0.15) is 6.29 Å². The Morgan fingerprint density at radius 1 is 1.00 bits per heavy atom. The maximum Gasteiger partial charge on any atom is 0.337 e. The van der Waals surface area contributed by atoms with E-state index in [1.807, 2.05) is 48.5 Å². The summed E-state index contributed by atoms with van der Waals surface area (Å²) in [6.07, 6.45) is 0.708. The Labute approximate surface area is 118 Å². The zero-order valence-electron chi connectivity index (χ0n) is 13.5. The van der Waals surface area contributed by atoms with Gasteiger partial charge in [0.15, 0.2) is 0 Å². The fraction of sp³-hybridized carbons (Fsp3) is 0.500. The minimum absolute atomic E-state index is 0.407. The van der Waals surface area contributed by atoms with Gasteiger partial charge in [-0.05, 0) is 30.7 Å². The number of hydrogen-bond donors (Lipinski definition) is 0. The molecule has 0 radical (unpaired) electrons. The molecular weight excluding hydrogens is 240 g/mol.